The van der Waals surface area contributed by atoms with Crippen molar-refractivity contribution >= 4 is 22.3 Å². The molecule has 4 aromatic carbocycles. The van der Waals surface area contributed by atoms with Gasteiger partial charge in [0.25, 0.3) is 0 Å². The molecule has 284 valence electrons. The minimum Gasteiger partial charge on any atom is -0.203 e. The zero-order valence-corrected chi connectivity index (χ0v) is 28.8. The predicted molar refractivity (Wildman–Crippen MR) is 181 cm³/mol. The Balaban J connectivity index is 1.99. The lowest BCUT2D eigenvalue weighted by Gasteiger charge is -2.18. The Morgan fingerprint density at radius 3 is 0.867 bits per heavy atom. The summed E-state index contributed by atoms with van der Waals surface area (Å²) in [5.74, 6) is -26.2. The van der Waals surface area contributed by atoms with Gasteiger partial charge in [0.05, 0.1) is 55.7 Å². The molecule has 0 atom stereocenters. The van der Waals surface area contributed by atoms with Crippen LogP contribution < -0.4 is 0 Å². The average molecular weight is 813 g/mol. The summed E-state index contributed by atoms with van der Waals surface area (Å²) in [6.07, 6.45) is 0. The van der Waals surface area contributed by atoms with Crippen molar-refractivity contribution in [3.63, 3.8) is 0 Å². The molecule has 0 saturated heterocycles. The quantitative estimate of drug-likeness (QED) is 0.0843. The summed E-state index contributed by atoms with van der Waals surface area (Å²) < 4.78 is 150. The van der Waals surface area contributed by atoms with Gasteiger partial charge >= 0.3 is 0 Å². The van der Waals surface area contributed by atoms with Crippen molar-refractivity contribution in [3.8, 4) is 48.6 Å². The van der Waals surface area contributed by atoms with Crippen molar-refractivity contribution in [2.45, 2.75) is 0 Å². The van der Waals surface area contributed by atoms with Crippen LogP contribution in [0.4, 0.5) is 43.9 Å². The Hall–Kier alpha value is -9.20. The van der Waals surface area contributed by atoms with Crippen LogP contribution in [0.3, 0.4) is 0 Å². The Kier molecular flexibility index (Phi) is 10.1. The minimum atomic E-state index is -2.68. The first-order chi connectivity index (χ1) is 28.6. The van der Waals surface area contributed by atoms with E-state index in [0.717, 1.165) is 36.4 Å². The van der Waals surface area contributed by atoms with Crippen LogP contribution in [0.1, 0.15) is 44.5 Å². The lowest BCUT2D eigenvalue weighted by Crippen LogP contribution is -2.09. The third-order valence-corrected chi connectivity index (χ3v) is 9.22. The summed E-state index contributed by atoms with van der Waals surface area (Å²) >= 11 is 0. The summed E-state index contributed by atoms with van der Waals surface area (Å²) in [6.45, 7) is 0. The van der Waals surface area contributed by atoms with Crippen molar-refractivity contribution < 1.29 is 43.9 Å². The Bertz CT molecular complexity index is 3020. The second-order valence-corrected chi connectivity index (χ2v) is 12.1. The van der Waals surface area contributed by atoms with Gasteiger partial charge in [-0.15, -0.1) is 0 Å². The number of hydrogen-bond donors (Lipinski definition) is 0. The molecule has 0 unspecified atom stereocenters. The normalized spacial score (nSPS) is 14.6. The van der Waals surface area contributed by atoms with E-state index in [1.165, 1.54) is 12.1 Å². The predicted octanol–water partition coefficient (Wildman–Crippen LogP) is 9.10. The second kappa shape index (κ2) is 15.0. The van der Waals surface area contributed by atoms with Gasteiger partial charge in [0.1, 0.15) is 48.6 Å². The molecule has 60 heavy (non-hydrogen) atoms. The molecule has 0 amide bonds. The molecule has 0 spiro atoms. The monoisotopic (exact) mass is 812 g/mol. The third kappa shape index (κ3) is 5.62. The van der Waals surface area contributed by atoms with Gasteiger partial charge in [-0.1, -0.05) is 12.1 Å². The van der Waals surface area contributed by atoms with Crippen LogP contribution in [0.2, 0.25) is 0 Å². The van der Waals surface area contributed by atoms with Gasteiger partial charge in [-0.3, -0.25) is 0 Å². The fraction of sp³-hybridized carbons (Fsp3) is 0. The van der Waals surface area contributed by atoms with Gasteiger partial charge in [-0.2, -0.15) is 42.1 Å². The fourth-order valence-corrected chi connectivity index (χ4v) is 6.70. The number of nitriles is 8. The molecule has 0 aromatic heterocycles. The van der Waals surface area contributed by atoms with Gasteiger partial charge in [0, 0.05) is 33.4 Å². The lowest BCUT2D eigenvalue weighted by molar-refractivity contribution is 0.376. The lowest BCUT2D eigenvalue weighted by atomic mass is 9.82. The highest BCUT2D eigenvalue weighted by Crippen LogP contribution is 2.59. The van der Waals surface area contributed by atoms with Crippen molar-refractivity contribution in [1.82, 2.24) is 0 Å². The summed E-state index contributed by atoms with van der Waals surface area (Å²) in [5, 5.41) is 81.4. The standard InChI is InChI=1S/C42H6F10N8/c43-33-31(34(44)38(48)41(51)37(33)47)23(13-59)27-25(15-1-3-17(7-53)19(5-15)9-55)21(11-57)29-28(24(14-60)32-35(45)39(49)42(52)40(50)36(32)46)26(22(12-58)30(27)29)16-2-4-18(8-54)20(6-16)10-56/h1-6H/b27-23-,28-24-. The molecule has 0 N–H and O–H groups in total. The Morgan fingerprint density at radius 1 is 0.333 bits per heavy atom. The van der Waals surface area contributed by atoms with E-state index in [1.807, 2.05) is 0 Å². The summed E-state index contributed by atoms with van der Waals surface area (Å²) in [7, 11) is 0. The molecule has 8 nitrogen and oxygen atoms in total. The van der Waals surface area contributed by atoms with Crippen LogP contribution in [0.5, 0.6) is 0 Å². The number of rotatable bonds is 4. The first kappa shape index (κ1) is 40.5. The van der Waals surface area contributed by atoms with Crippen LogP contribution in [-0.2, 0) is 0 Å². The molecule has 0 aliphatic heterocycles. The minimum absolute atomic E-state index is 0.322. The first-order valence-corrected chi connectivity index (χ1v) is 15.9. The molecule has 4 aromatic rings. The van der Waals surface area contributed by atoms with E-state index in [1.54, 1.807) is 36.4 Å². The third-order valence-electron chi connectivity index (χ3n) is 9.22. The second-order valence-electron chi connectivity index (χ2n) is 12.1. The average Bonchev–Trinajstić information content (AvgIpc) is 3.77. The van der Waals surface area contributed by atoms with E-state index < -0.39 is 147 Å². The highest BCUT2D eigenvalue weighted by atomic mass is 19.2. The fourth-order valence-electron chi connectivity index (χ4n) is 6.70. The highest BCUT2D eigenvalue weighted by molar-refractivity contribution is 6.17. The molecular weight excluding hydrogens is 806 g/mol. The molecule has 0 radical (unpaired) electrons. The summed E-state index contributed by atoms with van der Waals surface area (Å²) in [6, 6.07) is 18.0. The molecule has 0 bridgehead atoms. The molecule has 2 aliphatic rings. The van der Waals surface area contributed by atoms with Crippen LogP contribution in [-0.4, -0.2) is 0 Å². The molecule has 18 heteroatoms. The Morgan fingerprint density at radius 2 is 0.617 bits per heavy atom. The molecule has 6 rings (SSSR count). The zero-order valence-electron chi connectivity index (χ0n) is 28.8. The molecule has 0 saturated carbocycles. The van der Waals surface area contributed by atoms with Gasteiger partial charge < -0.3 is 0 Å². The van der Waals surface area contributed by atoms with Crippen molar-refractivity contribution in [2.24, 2.45) is 0 Å². The van der Waals surface area contributed by atoms with Crippen LogP contribution in [0, 0.1) is 149 Å². The van der Waals surface area contributed by atoms with E-state index in [9.17, 15) is 68.4 Å². The molecule has 0 fully saturated rings. The van der Waals surface area contributed by atoms with Crippen LogP contribution in [0.15, 0.2) is 69.8 Å². The topological polar surface area (TPSA) is 190 Å². The largest absolute Gasteiger partial charge is 0.203 e. The molecule has 2 aliphatic carbocycles. The van der Waals surface area contributed by atoms with Gasteiger partial charge in [0.15, 0.2) is 46.5 Å². The molecule has 0 heterocycles. The SMILES string of the molecule is N#CC1=C(c2ccc(C#N)c(C#N)c2)/C(=C(\C#N)c2c(F)c(F)c(F)c(F)c2F)C2=C1/C(=C(/C#N)c1c(F)c(F)c(F)c(F)c1F)C(c1ccc(C#N)c(C#N)c1)=C2C#N. The summed E-state index contributed by atoms with van der Waals surface area (Å²) in [4.78, 5) is 0. The van der Waals surface area contributed by atoms with Gasteiger partial charge in [-0.25, -0.2) is 43.9 Å². The number of nitrogens with zero attached hydrogens (tertiary/aromatic N) is 8. The smallest absolute Gasteiger partial charge is 0.200 e. The number of hydrogen-bond acceptors (Lipinski definition) is 8. The van der Waals surface area contributed by atoms with E-state index in [-0.39, 0.29) is 11.1 Å². The van der Waals surface area contributed by atoms with E-state index in [2.05, 4.69) is 0 Å². The maximum Gasteiger partial charge on any atom is 0.200 e. The molecular formula is C42H6F10N8. The van der Waals surface area contributed by atoms with E-state index >= 15 is 17.6 Å². The first-order valence-electron chi connectivity index (χ1n) is 15.9. The maximum absolute atomic E-state index is 15.7. The van der Waals surface area contributed by atoms with E-state index in [0.29, 0.717) is 0 Å². The summed E-state index contributed by atoms with van der Waals surface area (Å²) in [5.41, 5.74) is -16.9. The van der Waals surface area contributed by atoms with Crippen molar-refractivity contribution in [3.05, 3.63) is 173 Å². The number of halogens is 10. The number of allylic oxidation sites excluding steroid dienone is 10. The van der Waals surface area contributed by atoms with Gasteiger partial charge in [-0.05, 0) is 35.4 Å². The van der Waals surface area contributed by atoms with Crippen LogP contribution >= 0.6 is 0 Å². The van der Waals surface area contributed by atoms with E-state index in [4.69, 9.17) is 0 Å². The van der Waals surface area contributed by atoms with Gasteiger partial charge in [0.2, 0.25) is 11.6 Å². The highest BCUT2D eigenvalue weighted by Gasteiger charge is 2.46. The zero-order chi connectivity index (χ0) is 44.1. The van der Waals surface area contributed by atoms with Crippen LogP contribution in [0.25, 0.3) is 22.3 Å². The Labute approximate surface area is 329 Å². The number of benzene rings is 4. The van der Waals surface area contributed by atoms with Crippen molar-refractivity contribution in [2.75, 3.05) is 0 Å². The van der Waals surface area contributed by atoms with Crippen molar-refractivity contribution in [1.29, 1.82) is 42.1 Å². The maximum atomic E-state index is 15.7.